The molecule has 1 aromatic rings. The van der Waals surface area contributed by atoms with Gasteiger partial charge in [-0.05, 0) is 37.1 Å². The first-order valence-corrected chi connectivity index (χ1v) is 5.65. The number of hydrogen-bond donors (Lipinski definition) is 1. The fourth-order valence-corrected chi connectivity index (χ4v) is 1.52. The van der Waals surface area contributed by atoms with Gasteiger partial charge in [-0.2, -0.15) is 0 Å². The van der Waals surface area contributed by atoms with E-state index in [2.05, 4.69) is 48.8 Å². The van der Waals surface area contributed by atoms with E-state index in [0.29, 0.717) is 0 Å². The summed E-state index contributed by atoms with van der Waals surface area (Å²) in [7, 11) is 0. The summed E-state index contributed by atoms with van der Waals surface area (Å²) in [5.41, 5.74) is 4.38. The van der Waals surface area contributed by atoms with Crippen LogP contribution in [0.3, 0.4) is 0 Å². The number of anilines is 1. The second-order valence-corrected chi connectivity index (χ2v) is 3.82. The van der Waals surface area contributed by atoms with Gasteiger partial charge in [-0.25, -0.2) is 0 Å². The van der Waals surface area contributed by atoms with Crippen LogP contribution in [0.25, 0.3) is 5.57 Å². The maximum atomic E-state index is 3.82. The van der Waals surface area contributed by atoms with Gasteiger partial charge in [0.2, 0.25) is 0 Å². The monoisotopic (exact) mass is 225 g/mol. The van der Waals surface area contributed by atoms with Crippen molar-refractivity contribution in [3.05, 3.63) is 73.0 Å². The summed E-state index contributed by atoms with van der Waals surface area (Å²) in [6.45, 7) is 11.5. The third-order valence-corrected chi connectivity index (χ3v) is 2.30. The molecule has 17 heavy (non-hydrogen) atoms. The zero-order valence-electron chi connectivity index (χ0n) is 10.5. The van der Waals surface area contributed by atoms with Crippen molar-refractivity contribution in [2.45, 2.75) is 13.8 Å². The van der Waals surface area contributed by atoms with Gasteiger partial charge in [0.1, 0.15) is 0 Å². The molecule has 0 heterocycles. The summed E-state index contributed by atoms with van der Waals surface area (Å²) in [5, 5.41) is 3.18. The first-order valence-electron chi connectivity index (χ1n) is 5.65. The lowest BCUT2D eigenvalue weighted by Crippen LogP contribution is -1.93. The lowest BCUT2D eigenvalue weighted by atomic mass is 10.0. The Hall–Kier alpha value is -2.02. The van der Waals surface area contributed by atoms with E-state index in [0.717, 1.165) is 11.4 Å². The van der Waals surface area contributed by atoms with Crippen molar-refractivity contribution in [3.63, 3.8) is 0 Å². The predicted octanol–water partition coefficient (Wildman–Crippen LogP) is 4.78. The maximum absolute atomic E-state index is 3.82. The normalized spacial score (nSPS) is 11.5. The molecule has 0 aliphatic rings. The molecule has 1 nitrogen and oxygen atoms in total. The standard InChI is InChI=1S/C16H19N/c1-5-7-8-14(6-2)15-9-11-16(12-10-15)17-13(3)4/h5-12,17H,1,3H2,2,4H3/b8-7-,14-6+. The van der Waals surface area contributed by atoms with Crippen LogP contribution in [0.1, 0.15) is 19.4 Å². The third kappa shape index (κ3) is 4.15. The molecule has 0 unspecified atom stereocenters. The molecule has 1 aromatic carbocycles. The lowest BCUT2D eigenvalue weighted by Gasteiger charge is -2.07. The predicted molar refractivity (Wildman–Crippen MR) is 77.9 cm³/mol. The average Bonchev–Trinajstić information content (AvgIpc) is 2.31. The van der Waals surface area contributed by atoms with E-state index in [4.69, 9.17) is 0 Å². The highest BCUT2D eigenvalue weighted by Crippen LogP contribution is 2.19. The summed E-state index contributed by atoms with van der Waals surface area (Å²) < 4.78 is 0. The minimum atomic E-state index is 0.940. The van der Waals surface area contributed by atoms with Gasteiger partial charge in [-0.15, -0.1) is 0 Å². The molecule has 1 rings (SSSR count). The van der Waals surface area contributed by atoms with E-state index in [9.17, 15) is 0 Å². The Morgan fingerprint density at radius 2 is 1.88 bits per heavy atom. The third-order valence-electron chi connectivity index (χ3n) is 2.30. The van der Waals surface area contributed by atoms with Crippen molar-refractivity contribution in [2.75, 3.05) is 5.32 Å². The van der Waals surface area contributed by atoms with Crippen molar-refractivity contribution < 1.29 is 0 Å². The fraction of sp³-hybridized carbons (Fsp3) is 0.125. The quantitative estimate of drug-likeness (QED) is 0.711. The van der Waals surface area contributed by atoms with Crippen molar-refractivity contribution >= 4 is 11.3 Å². The highest BCUT2D eigenvalue weighted by molar-refractivity contribution is 5.75. The molecule has 0 radical (unpaired) electrons. The van der Waals surface area contributed by atoms with E-state index in [1.54, 1.807) is 6.08 Å². The summed E-state index contributed by atoms with van der Waals surface area (Å²) in [5.74, 6) is 0. The van der Waals surface area contributed by atoms with Crippen molar-refractivity contribution in [2.24, 2.45) is 0 Å². The summed E-state index contributed by atoms with van der Waals surface area (Å²) >= 11 is 0. The molecule has 88 valence electrons. The number of rotatable bonds is 5. The zero-order valence-corrected chi connectivity index (χ0v) is 10.5. The van der Waals surface area contributed by atoms with Gasteiger partial charge in [-0.1, -0.05) is 49.6 Å². The largest absolute Gasteiger partial charge is 0.360 e. The van der Waals surface area contributed by atoms with E-state index in [-0.39, 0.29) is 0 Å². The Bertz CT molecular complexity index is 447. The minimum Gasteiger partial charge on any atom is -0.360 e. The van der Waals surface area contributed by atoms with Crippen LogP contribution in [0.4, 0.5) is 5.69 Å². The molecule has 0 amide bonds. The highest BCUT2D eigenvalue weighted by Gasteiger charge is 1.97. The molecule has 0 aliphatic heterocycles. The Balaban J connectivity index is 2.89. The molecule has 0 saturated heterocycles. The van der Waals surface area contributed by atoms with E-state index < -0.39 is 0 Å². The molecule has 1 heteroatoms. The Kier molecular flexibility index (Phi) is 5.02. The molecule has 0 saturated carbocycles. The number of nitrogens with one attached hydrogen (secondary N) is 1. The van der Waals surface area contributed by atoms with Crippen LogP contribution in [-0.4, -0.2) is 0 Å². The first kappa shape index (κ1) is 13.0. The smallest absolute Gasteiger partial charge is 0.0381 e. The summed E-state index contributed by atoms with van der Waals surface area (Å²) in [6, 6.07) is 8.28. The molecular formula is C16H19N. The van der Waals surface area contributed by atoms with Crippen molar-refractivity contribution in [1.29, 1.82) is 0 Å². The molecule has 0 aliphatic carbocycles. The second kappa shape index (κ2) is 6.54. The van der Waals surface area contributed by atoms with Gasteiger partial charge in [-0.3, -0.25) is 0 Å². The van der Waals surface area contributed by atoms with Crippen LogP contribution < -0.4 is 5.32 Å². The van der Waals surface area contributed by atoms with Gasteiger partial charge in [0.15, 0.2) is 0 Å². The van der Waals surface area contributed by atoms with Crippen LogP contribution >= 0.6 is 0 Å². The van der Waals surface area contributed by atoms with Gasteiger partial charge >= 0.3 is 0 Å². The van der Waals surface area contributed by atoms with E-state index in [1.165, 1.54) is 11.1 Å². The maximum Gasteiger partial charge on any atom is 0.0381 e. The van der Waals surface area contributed by atoms with Crippen LogP contribution in [0.2, 0.25) is 0 Å². The van der Waals surface area contributed by atoms with Crippen LogP contribution in [-0.2, 0) is 0 Å². The SMILES string of the molecule is C=C/C=C\C(=C/C)c1ccc(NC(=C)C)cc1. The Morgan fingerprint density at radius 3 is 2.35 bits per heavy atom. The van der Waals surface area contributed by atoms with Crippen LogP contribution in [0, 0.1) is 0 Å². The Morgan fingerprint density at radius 1 is 1.24 bits per heavy atom. The second-order valence-electron chi connectivity index (χ2n) is 3.82. The number of allylic oxidation sites excluding steroid dienone is 6. The van der Waals surface area contributed by atoms with Gasteiger partial charge < -0.3 is 5.32 Å². The molecule has 0 aromatic heterocycles. The van der Waals surface area contributed by atoms with Crippen LogP contribution in [0.15, 0.2) is 67.4 Å². The van der Waals surface area contributed by atoms with E-state index >= 15 is 0 Å². The molecule has 0 fully saturated rings. The molecular weight excluding hydrogens is 206 g/mol. The van der Waals surface area contributed by atoms with E-state index in [1.807, 2.05) is 26.0 Å². The molecule has 0 atom stereocenters. The van der Waals surface area contributed by atoms with Gasteiger partial charge in [0, 0.05) is 11.4 Å². The topological polar surface area (TPSA) is 12.0 Å². The van der Waals surface area contributed by atoms with Crippen molar-refractivity contribution in [1.82, 2.24) is 0 Å². The summed E-state index contributed by atoms with van der Waals surface area (Å²) in [6.07, 6.45) is 7.85. The minimum absolute atomic E-state index is 0.940. The summed E-state index contributed by atoms with van der Waals surface area (Å²) in [4.78, 5) is 0. The van der Waals surface area contributed by atoms with Gasteiger partial charge in [0.25, 0.3) is 0 Å². The zero-order chi connectivity index (χ0) is 12.7. The molecule has 1 N–H and O–H groups in total. The molecule has 0 bridgehead atoms. The molecule has 0 spiro atoms. The number of hydrogen-bond acceptors (Lipinski definition) is 1. The lowest BCUT2D eigenvalue weighted by molar-refractivity contribution is 1.39. The first-order chi connectivity index (χ1) is 8.17. The van der Waals surface area contributed by atoms with Gasteiger partial charge in [0.05, 0.1) is 0 Å². The average molecular weight is 225 g/mol. The fourth-order valence-electron chi connectivity index (χ4n) is 1.52. The highest BCUT2D eigenvalue weighted by atomic mass is 14.9. The Labute approximate surface area is 104 Å². The van der Waals surface area contributed by atoms with Crippen molar-refractivity contribution in [3.8, 4) is 0 Å². The van der Waals surface area contributed by atoms with Crippen LogP contribution in [0.5, 0.6) is 0 Å². The number of benzene rings is 1.